The Hall–Kier alpha value is -2.87. The lowest BCUT2D eigenvalue weighted by atomic mass is 9.48. The molecule has 0 radical (unpaired) electrons. The van der Waals surface area contributed by atoms with Gasteiger partial charge in [-0.05, 0) is 97.1 Å². The number of amides is 1. The van der Waals surface area contributed by atoms with Crippen molar-refractivity contribution in [2.75, 3.05) is 24.2 Å². The standard InChI is InChI=1S/C27H33N3O4S/c1-34-25-5-3-4-19(13-25)17-28-29-26(31)18-30(35(2,32)33)24-8-6-23(7-9-24)27-14-20-10-21(15-27)12-22(11-20)16-27/h3-9,13,17,20-22H,10-12,14-16,18H2,1-2H3,(H,29,31)/b28-17+. The number of methoxy groups -OCH3 is 1. The van der Waals surface area contributed by atoms with Crippen LogP contribution in [-0.4, -0.2) is 40.4 Å². The van der Waals surface area contributed by atoms with Crippen molar-refractivity contribution in [3.05, 3.63) is 59.7 Å². The number of hydrogen-bond acceptors (Lipinski definition) is 5. The van der Waals surface area contributed by atoms with Gasteiger partial charge in [-0.15, -0.1) is 0 Å². The minimum Gasteiger partial charge on any atom is -0.497 e. The van der Waals surface area contributed by atoms with E-state index in [-0.39, 0.29) is 12.0 Å². The van der Waals surface area contributed by atoms with E-state index in [2.05, 4.69) is 22.7 Å². The average Bonchev–Trinajstić information content (AvgIpc) is 2.81. The van der Waals surface area contributed by atoms with Gasteiger partial charge in [-0.1, -0.05) is 24.3 Å². The van der Waals surface area contributed by atoms with E-state index in [1.165, 1.54) is 50.3 Å². The molecule has 35 heavy (non-hydrogen) atoms. The Bertz CT molecular complexity index is 1190. The highest BCUT2D eigenvalue weighted by Crippen LogP contribution is 2.60. The summed E-state index contributed by atoms with van der Waals surface area (Å²) < 4.78 is 31.4. The molecule has 186 valence electrons. The number of benzene rings is 2. The molecule has 0 atom stereocenters. The number of sulfonamides is 1. The van der Waals surface area contributed by atoms with Gasteiger partial charge in [-0.3, -0.25) is 9.10 Å². The van der Waals surface area contributed by atoms with Gasteiger partial charge in [0.05, 0.1) is 25.3 Å². The number of carbonyl (C=O) groups is 1. The van der Waals surface area contributed by atoms with Crippen molar-refractivity contribution in [1.82, 2.24) is 5.43 Å². The number of rotatable bonds is 8. The molecule has 2 aromatic carbocycles. The fraction of sp³-hybridized carbons (Fsp3) is 0.481. The van der Waals surface area contributed by atoms with Gasteiger partial charge in [0, 0.05) is 0 Å². The zero-order valence-corrected chi connectivity index (χ0v) is 21.1. The molecule has 4 aliphatic carbocycles. The van der Waals surface area contributed by atoms with Gasteiger partial charge in [-0.25, -0.2) is 13.8 Å². The van der Waals surface area contributed by atoms with Crippen LogP contribution in [0.25, 0.3) is 0 Å². The topological polar surface area (TPSA) is 88.1 Å². The Labute approximate surface area is 207 Å². The normalized spacial score (nSPS) is 27.2. The Balaban J connectivity index is 1.27. The molecule has 0 aromatic heterocycles. The first kappa shape index (κ1) is 23.9. The zero-order valence-electron chi connectivity index (χ0n) is 20.3. The highest BCUT2D eigenvalue weighted by molar-refractivity contribution is 7.92. The first-order chi connectivity index (χ1) is 16.7. The molecule has 4 aliphatic rings. The maximum atomic E-state index is 12.5. The molecule has 8 heteroatoms. The van der Waals surface area contributed by atoms with Crippen molar-refractivity contribution < 1.29 is 17.9 Å². The SMILES string of the molecule is COc1cccc(/C=N/NC(=O)CN(c2ccc(C34CC5CC(CC(C5)C3)C4)cc2)S(C)(=O)=O)c1. The van der Waals surface area contributed by atoms with Gasteiger partial charge >= 0.3 is 0 Å². The quantitative estimate of drug-likeness (QED) is 0.442. The first-order valence-corrected chi connectivity index (χ1v) is 14.1. The molecule has 4 fully saturated rings. The maximum absolute atomic E-state index is 12.5. The molecule has 4 bridgehead atoms. The van der Waals surface area contributed by atoms with Gasteiger partial charge in [0.25, 0.3) is 5.91 Å². The van der Waals surface area contributed by atoms with E-state index in [4.69, 9.17) is 4.74 Å². The molecule has 0 aliphatic heterocycles. The molecule has 0 heterocycles. The summed E-state index contributed by atoms with van der Waals surface area (Å²) in [6.07, 6.45) is 10.5. The molecule has 0 saturated heterocycles. The largest absolute Gasteiger partial charge is 0.497 e. The van der Waals surface area contributed by atoms with Crippen molar-refractivity contribution in [3.63, 3.8) is 0 Å². The molecule has 6 rings (SSSR count). The lowest BCUT2D eigenvalue weighted by Crippen LogP contribution is -2.48. The summed E-state index contributed by atoms with van der Waals surface area (Å²) in [4.78, 5) is 12.5. The van der Waals surface area contributed by atoms with Crippen LogP contribution in [0.3, 0.4) is 0 Å². The number of hydrogen-bond donors (Lipinski definition) is 1. The average molecular weight is 496 g/mol. The fourth-order valence-corrected chi connectivity index (χ4v) is 7.77. The monoisotopic (exact) mass is 495 g/mol. The van der Waals surface area contributed by atoms with Crippen LogP contribution in [0, 0.1) is 17.8 Å². The lowest BCUT2D eigenvalue weighted by Gasteiger charge is -2.57. The highest BCUT2D eigenvalue weighted by Gasteiger charge is 2.51. The third kappa shape index (κ3) is 5.08. The van der Waals surface area contributed by atoms with Crippen molar-refractivity contribution >= 4 is 27.8 Å². The number of carbonyl (C=O) groups excluding carboxylic acids is 1. The Morgan fingerprint density at radius 1 is 1.09 bits per heavy atom. The molecule has 0 spiro atoms. The van der Waals surface area contributed by atoms with Crippen LogP contribution in [0.2, 0.25) is 0 Å². The third-order valence-electron chi connectivity index (χ3n) is 7.99. The number of nitrogens with zero attached hydrogens (tertiary/aromatic N) is 2. The number of nitrogens with one attached hydrogen (secondary N) is 1. The Morgan fingerprint density at radius 2 is 1.71 bits per heavy atom. The van der Waals surface area contributed by atoms with Crippen LogP contribution in [0.1, 0.15) is 49.7 Å². The van der Waals surface area contributed by atoms with E-state index in [1.807, 2.05) is 30.3 Å². The van der Waals surface area contributed by atoms with E-state index in [1.54, 1.807) is 13.2 Å². The maximum Gasteiger partial charge on any atom is 0.260 e. The van der Waals surface area contributed by atoms with E-state index >= 15 is 0 Å². The van der Waals surface area contributed by atoms with E-state index in [0.717, 1.165) is 33.9 Å². The summed E-state index contributed by atoms with van der Waals surface area (Å²) in [5, 5.41) is 3.96. The second-order valence-electron chi connectivity index (χ2n) is 10.6. The third-order valence-corrected chi connectivity index (χ3v) is 9.13. The van der Waals surface area contributed by atoms with E-state index < -0.39 is 15.9 Å². The molecule has 7 nitrogen and oxygen atoms in total. The minimum atomic E-state index is -3.65. The summed E-state index contributed by atoms with van der Waals surface area (Å²) >= 11 is 0. The van der Waals surface area contributed by atoms with Crippen molar-refractivity contribution in [2.45, 2.75) is 43.9 Å². The summed E-state index contributed by atoms with van der Waals surface area (Å²) in [7, 11) is -2.08. The molecular weight excluding hydrogens is 462 g/mol. The van der Waals surface area contributed by atoms with Crippen molar-refractivity contribution in [3.8, 4) is 5.75 Å². The van der Waals surface area contributed by atoms with Crippen LogP contribution in [0.4, 0.5) is 5.69 Å². The highest BCUT2D eigenvalue weighted by atomic mass is 32.2. The summed E-state index contributed by atoms with van der Waals surface area (Å²) in [6, 6.07) is 15.1. The zero-order chi connectivity index (χ0) is 24.6. The van der Waals surface area contributed by atoms with Crippen molar-refractivity contribution in [1.29, 1.82) is 0 Å². The second kappa shape index (κ2) is 9.30. The van der Waals surface area contributed by atoms with Crippen LogP contribution in [0.5, 0.6) is 5.75 Å². The van der Waals surface area contributed by atoms with Gasteiger partial charge in [0.1, 0.15) is 12.3 Å². The van der Waals surface area contributed by atoms with Gasteiger partial charge in [0.2, 0.25) is 10.0 Å². The molecule has 1 N–H and O–H groups in total. The summed E-state index contributed by atoms with van der Waals surface area (Å²) in [5.41, 5.74) is 5.24. The van der Waals surface area contributed by atoms with Crippen LogP contribution in [0.15, 0.2) is 53.6 Å². The molecule has 2 aromatic rings. The minimum absolute atomic E-state index is 0.245. The van der Waals surface area contributed by atoms with Gasteiger partial charge < -0.3 is 4.74 Å². The Kier molecular flexibility index (Phi) is 6.34. The van der Waals surface area contributed by atoms with Gasteiger partial charge in [0.15, 0.2) is 0 Å². The fourth-order valence-electron chi connectivity index (χ4n) is 6.91. The number of hydrazone groups is 1. The van der Waals surface area contributed by atoms with Crippen LogP contribution in [-0.2, 0) is 20.2 Å². The van der Waals surface area contributed by atoms with E-state index in [9.17, 15) is 13.2 Å². The van der Waals surface area contributed by atoms with Gasteiger partial charge in [-0.2, -0.15) is 5.10 Å². The molecule has 4 saturated carbocycles. The molecule has 0 unspecified atom stereocenters. The van der Waals surface area contributed by atoms with Crippen LogP contribution >= 0.6 is 0 Å². The number of ether oxygens (including phenoxy) is 1. The van der Waals surface area contributed by atoms with E-state index in [0.29, 0.717) is 11.4 Å². The molecular formula is C27H33N3O4S. The summed E-state index contributed by atoms with van der Waals surface area (Å²) in [5.74, 6) is 2.69. The first-order valence-electron chi connectivity index (χ1n) is 12.3. The predicted octanol–water partition coefficient (Wildman–Crippen LogP) is 4.08. The lowest BCUT2D eigenvalue weighted by molar-refractivity contribution is -0.119. The summed E-state index contributed by atoms with van der Waals surface area (Å²) in [6.45, 7) is -0.342. The number of anilines is 1. The van der Waals surface area contributed by atoms with Crippen molar-refractivity contribution in [2.24, 2.45) is 22.9 Å². The molecule has 1 amide bonds. The van der Waals surface area contributed by atoms with Crippen LogP contribution < -0.4 is 14.5 Å². The second-order valence-corrected chi connectivity index (χ2v) is 12.5. The smallest absolute Gasteiger partial charge is 0.260 e. The predicted molar refractivity (Wildman–Crippen MR) is 137 cm³/mol. The Morgan fingerprint density at radius 3 is 2.29 bits per heavy atom.